The van der Waals surface area contributed by atoms with E-state index in [-0.39, 0.29) is 12.3 Å². The Kier molecular flexibility index (Phi) is 5.23. The van der Waals surface area contributed by atoms with E-state index in [9.17, 15) is 0 Å². The molecule has 5 rings (SSSR count). The molecular formula is C19H21BrN6O2S. The van der Waals surface area contributed by atoms with Gasteiger partial charge in [0, 0.05) is 22.5 Å². The lowest BCUT2D eigenvalue weighted by atomic mass is 10.1. The zero-order valence-electron chi connectivity index (χ0n) is 15.8. The molecular weight excluding hydrogens is 456 g/mol. The van der Waals surface area contributed by atoms with Crippen molar-refractivity contribution in [2.75, 3.05) is 26.4 Å². The van der Waals surface area contributed by atoms with E-state index in [1.165, 1.54) is 31.0 Å². The average molecular weight is 477 g/mol. The number of imidazole rings is 1. The van der Waals surface area contributed by atoms with Gasteiger partial charge in [0.25, 0.3) is 0 Å². The van der Waals surface area contributed by atoms with Crippen molar-refractivity contribution in [2.45, 2.75) is 35.9 Å². The molecule has 1 aromatic carbocycles. The molecule has 4 heterocycles. The Morgan fingerprint density at radius 3 is 2.76 bits per heavy atom. The predicted molar refractivity (Wildman–Crippen MR) is 112 cm³/mol. The van der Waals surface area contributed by atoms with Gasteiger partial charge in [-0.1, -0.05) is 18.2 Å². The van der Waals surface area contributed by atoms with Crippen molar-refractivity contribution in [3.05, 3.63) is 28.4 Å². The largest absolute Gasteiger partial charge is 0.454 e. The smallest absolute Gasteiger partial charge is 0.231 e. The zero-order valence-corrected chi connectivity index (χ0v) is 18.2. The molecule has 2 aliphatic heterocycles. The summed E-state index contributed by atoms with van der Waals surface area (Å²) in [5.74, 6) is 1.46. The van der Waals surface area contributed by atoms with Crippen LogP contribution in [0.2, 0.25) is 0 Å². The first-order valence-electron chi connectivity index (χ1n) is 9.66. The van der Waals surface area contributed by atoms with Crippen molar-refractivity contribution in [3.8, 4) is 11.5 Å². The van der Waals surface area contributed by atoms with Gasteiger partial charge in [0.15, 0.2) is 27.8 Å². The number of aromatic nitrogens is 4. The number of halogens is 1. The molecule has 29 heavy (non-hydrogen) atoms. The number of fused-ring (bicyclic) bond motifs is 2. The maximum Gasteiger partial charge on any atom is 0.231 e. The highest BCUT2D eigenvalue weighted by Crippen LogP contribution is 2.42. The molecule has 0 radical (unpaired) electrons. The molecule has 0 unspecified atom stereocenters. The molecule has 10 heteroatoms. The molecule has 0 amide bonds. The summed E-state index contributed by atoms with van der Waals surface area (Å²) in [5, 5.41) is 8.88. The maximum atomic E-state index is 8.16. The number of nitrogens with zero attached hydrogens (tertiary/aromatic N) is 4. The summed E-state index contributed by atoms with van der Waals surface area (Å²) in [6.07, 6.45) is 5.61. The van der Waals surface area contributed by atoms with Crippen LogP contribution in [0.4, 0.5) is 0 Å². The summed E-state index contributed by atoms with van der Waals surface area (Å²) in [6, 6.07) is 3.85. The zero-order chi connectivity index (χ0) is 19.8. The SMILES string of the molecule is N=c1ncn(CCN2CCCCC2)c2nc(Sc3cc4c(cc3Br)OCO4)[nH]c12. The van der Waals surface area contributed by atoms with Crippen molar-refractivity contribution in [2.24, 2.45) is 0 Å². The summed E-state index contributed by atoms with van der Waals surface area (Å²) in [6.45, 7) is 4.35. The second-order valence-corrected chi connectivity index (χ2v) is 9.05. The summed E-state index contributed by atoms with van der Waals surface area (Å²) >= 11 is 5.08. The van der Waals surface area contributed by atoms with Crippen LogP contribution >= 0.6 is 27.7 Å². The summed E-state index contributed by atoms with van der Waals surface area (Å²) < 4.78 is 13.8. The number of likely N-dealkylation sites (tertiary alicyclic amines) is 1. The highest BCUT2D eigenvalue weighted by atomic mass is 79.9. The monoisotopic (exact) mass is 476 g/mol. The normalized spacial score (nSPS) is 16.6. The number of nitrogens with one attached hydrogen (secondary N) is 2. The Hall–Kier alpha value is -2.04. The Morgan fingerprint density at radius 1 is 1.14 bits per heavy atom. The quantitative estimate of drug-likeness (QED) is 0.586. The first-order chi connectivity index (χ1) is 14.2. The third-order valence-corrected chi connectivity index (χ3v) is 7.10. The molecule has 152 valence electrons. The number of aromatic amines is 1. The highest BCUT2D eigenvalue weighted by molar-refractivity contribution is 9.10. The molecule has 0 aliphatic carbocycles. The van der Waals surface area contributed by atoms with E-state index < -0.39 is 0 Å². The molecule has 0 spiro atoms. The summed E-state index contributed by atoms with van der Waals surface area (Å²) in [4.78, 5) is 15.7. The van der Waals surface area contributed by atoms with Crippen LogP contribution in [0.1, 0.15) is 19.3 Å². The summed E-state index contributed by atoms with van der Waals surface area (Å²) in [5.41, 5.74) is 1.63. The topological polar surface area (TPSA) is 92.1 Å². The van der Waals surface area contributed by atoms with Gasteiger partial charge in [-0.15, -0.1) is 0 Å². The number of hydrogen-bond acceptors (Lipinski definition) is 7. The Balaban J connectivity index is 1.41. The van der Waals surface area contributed by atoms with Crippen LogP contribution in [-0.2, 0) is 6.54 Å². The van der Waals surface area contributed by atoms with E-state index in [2.05, 4.69) is 30.8 Å². The Labute approximate surface area is 180 Å². The molecule has 0 atom stereocenters. The third-order valence-electron chi connectivity index (χ3n) is 5.24. The molecule has 2 aliphatic rings. The van der Waals surface area contributed by atoms with Crippen LogP contribution in [0.3, 0.4) is 0 Å². The highest BCUT2D eigenvalue weighted by Gasteiger charge is 2.19. The van der Waals surface area contributed by atoms with Crippen molar-refractivity contribution in [3.63, 3.8) is 0 Å². The van der Waals surface area contributed by atoms with Gasteiger partial charge in [0.2, 0.25) is 6.79 Å². The Bertz CT molecular complexity index is 1110. The van der Waals surface area contributed by atoms with E-state index in [4.69, 9.17) is 19.9 Å². The molecule has 8 nitrogen and oxygen atoms in total. The molecule has 2 N–H and O–H groups in total. The lowest BCUT2D eigenvalue weighted by molar-refractivity contribution is 0.174. The second-order valence-electron chi connectivity index (χ2n) is 7.17. The van der Waals surface area contributed by atoms with E-state index in [0.29, 0.717) is 10.7 Å². The molecule has 3 aromatic rings. The van der Waals surface area contributed by atoms with Gasteiger partial charge >= 0.3 is 0 Å². The number of H-pyrrole nitrogens is 1. The number of ether oxygens (including phenoxy) is 2. The van der Waals surface area contributed by atoms with Crippen molar-refractivity contribution >= 4 is 38.9 Å². The fraction of sp³-hybridized carbons (Fsp3) is 0.421. The summed E-state index contributed by atoms with van der Waals surface area (Å²) in [7, 11) is 0. The average Bonchev–Trinajstić information content (AvgIpc) is 3.36. The minimum Gasteiger partial charge on any atom is -0.454 e. The van der Waals surface area contributed by atoms with E-state index in [0.717, 1.165) is 52.7 Å². The fourth-order valence-corrected chi connectivity index (χ4v) is 5.07. The van der Waals surface area contributed by atoms with E-state index in [1.807, 2.05) is 16.7 Å². The predicted octanol–water partition coefficient (Wildman–Crippen LogP) is 3.37. The molecule has 2 aromatic heterocycles. The van der Waals surface area contributed by atoms with E-state index in [1.54, 1.807) is 6.33 Å². The number of benzene rings is 1. The molecule has 1 fully saturated rings. The number of rotatable bonds is 5. The van der Waals surface area contributed by atoms with Crippen LogP contribution in [0.5, 0.6) is 11.5 Å². The van der Waals surface area contributed by atoms with Crippen molar-refractivity contribution < 1.29 is 9.47 Å². The minimum absolute atomic E-state index is 0.207. The van der Waals surface area contributed by atoms with Gasteiger partial charge in [-0.05, 0) is 54.0 Å². The molecule has 0 saturated carbocycles. The van der Waals surface area contributed by atoms with Crippen LogP contribution < -0.4 is 15.0 Å². The molecule has 1 saturated heterocycles. The second kappa shape index (κ2) is 8.00. The van der Waals surface area contributed by atoms with Gasteiger partial charge in [-0.2, -0.15) is 0 Å². The first kappa shape index (κ1) is 19.0. The minimum atomic E-state index is 0.207. The Morgan fingerprint density at radius 2 is 1.93 bits per heavy atom. The van der Waals surface area contributed by atoms with Crippen molar-refractivity contribution in [1.29, 1.82) is 5.41 Å². The van der Waals surface area contributed by atoms with E-state index >= 15 is 0 Å². The van der Waals surface area contributed by atoms with Crippen LogP contribution in [0.25, 0.3) is 11.2 Å². The first-order valence-corrected chi connectivity index (χ1v) is 11.3. The number of hydrogen-bond donors (Lipinski definition) is 2. The molecule has 0 bridgehead atoms. The maximum absolute atomic E-state index is 8.16. The van der Waals surface area contributed by atoms with Gasteiger partial charge in [-0.3, -0.25) is 5.41 Å². The third kappa shape index (κ3) is 3.88. The van der Waals surface area contributed by atoms with Gasteiger partial charge in [0.05, 0.1) is 6.33 Å². The van der Waals surface area contributed by atoms with Gasteiger partial charge in [0.1, 0.15) is 5.52 Å². The van der Waals surface area contributed by atoms with Crippen molar-refractivity contribution in [1.82, 2.24) is 24.4 Å². The standard InChI is InChI=1S/C19H21BrN6O2S/c20-12-8-13-14(28-11-27-13)9-15(12)29-19-23-16-17(21)22-10-26(18(16)24-19)7-6-25-4-2-1-3-5-25/h8-10,21H,1-7,11H2,(H,23,24). The van der Waals surface area contributed by atoms with Gasteiger partial charge in [-0.25, -0.2) is 9.97 Å². The van der Waals surface area contributed by atoms with Crippen LogP contribution in [0, 0.1) is 5.41 Å². The van der Waals surface area contributed by atoms with Gasteiger partial charge < -0.3 is 23.9 Å². The number of piperidine rings is 1. The lowest BCUT2D eigenvalue weighted by Gasteiger charge is -2.26. The van der Waals surface area contributed by atoms with Crippen LogP contribution in [0.15, 0.2) is 33.0 Å². The van der Waals surface area contributed by atoms with Crippen LogP contribution in [-0.4, -0.2) is 50.8 Å². The fourth-order valence-electron chi connectivity index (χ4n) is 3.69. The lowest BCUT2D eigenvalue weighted by Crippen LogP contribution is -2.32.